The SMILES string of the molecule is COc1ccc(OC(=O)[C@H]2CC(=O)N(c3cc(C)ccc3C)C2)cc1. The van der Waals surface area contributed by atoms with Crippen LogP contribution in [0.4, 0.5) is 5.69 Å². The van der Waals surface area contributed by atoms with E-state index in [-0.39, 0.29) is 18.3 Å². The number of anilines is 1. The molecule has 1 aliphatic rings. The Morgan fingerprint density at radius 1 is 1.08 bits per heavy atom. The summed E-state index contributed by atoms with van der Waals surface area (Å²) in [6.07, 6.45) is 0.169. The number of carbonyl (C=O) groups excluding carboxylic acids is 2. The van der Waals surface area contributed by atoms with Gasteiger partial charge in [-0.2, -0.15) is 0 Å². The normalized spacial score (nSPS) is 16.8. The fraction of sp³-hybridized carbons (Fsp3) is 0.300. The highest BCUT2D eigenvalue weighted by Gasteiger charge is 2.36. The Kier molecular flexibility index (Phi) is 4.74. The summed E-state index contributed by atoms with van der Waals surface area (Å²) in [4.78, 5) is 26.5. The number of benzene rings is 2. The summed E-state index contributed by atoms with van der Waals surface area (Å²) in [5.74, 6) is 0.242. The van der Waals surface area contributed by atoms with Crippen molar-refractivity contribution in [2.24, 2.45) is 5.92 Å². The van der Waals surface area contributed by atoms with Gasteiger partial charge in [-0.1, -0.05) is 12.1 Å². The Bertz CT molecular complexity index is 798. The monoisotopic (exact) mass is 339 g/mol. The molecule has 1 fully saturated rings. The Labute approximate surface area is 147 Å². The first-order valence-corrected chi connectivity index (χ1v) is 8.21. The van der Waals surface area contributed by atoms with E-state index in [1.54, 1.807) is 36.3 Å². The van der Waals surface area contributed by atoms with Crippen molar-refractivity contribution in [2.75, 3.05) is 18.6 Å². The molecule has 1 atom stereocenters. The number of ether oxygens (including phenoxy) is 2. The molecule has 0 radical (unpaired) electrons. The van der Waals surface area contributed by atoms with Crippen LogP contribution in [0, 0.1) is 19.8 Å². The molecule has 0 saturated carbocycles. The molecular weight excluding hydrogens is 318 g/mol. The predicted molar refractivity (Wildman–Crippen MR) is 95.0 cm³/mol. The number of methoxy groups -OCH3 is 1. The maximum Gasteiger partial charge on any atom is 0.316 e. The molecule has 1 aliphatic heterocycles. The van der Waals surface area contributed by atoms with Crippen molar-refractivity contribution in [1.29, 1.82) is 0 Å². The highest BCUT2D eigenvalue weighted by molar-refractivity contribution is 6.00. The minimum atomic E-state index is -0.463. The maximum absolute atomic E-state index is 12.4. The molecule has 130 valence electrons. The third-order valence-electron chi connectivity index (χ3n) is 4.39. The number of hydrogen-bond donors (Lipinski definition) is 0. The molecular formula is C20H21NO4. The minimum Gasteiger partial charge on any atom is -0.497 e. The molecule has 1 saturated heterocycles. The van der Waals surface area contributed by atoms with Gasteiger partial charge >= 0.3 is 5.97 Å². The van der Waals surface area contributed by atoms with E-state index in [2.05, 4.69) is 0 Å². The molecule has 5 nitrogen and oxygen atoms in total. The van der Waals surface area contributed by atoms with Crippen LogP contribution in [-0.4, -0.2) is 25.5 Å². The second-order valence-corrected chi connectivity index (χ2v) is 6.29. The maximum atomic E-state index is 12.4. The van der Waals surface area contributed by atoms with Gasteiger partial charge in [-0.15, -0.1) is 0 Å². The molecule has 0 spiro atoms. The van der Waals surface area contributed by atoms with Gasteiger partial charge in [0.25, 0.3) is 0 Å². The van der Waals surface area contributed by atoms with Crippen molar-refractivity contribution in [1.82, 2.24) is 0 Å². The van der Waals surface area contributed by atoms with Gasteiger partial charge in [-0.05, 0) is 55.3 Å². The lowest BCUT2D eigenvalue weighted by molar-refractivity contribution is -0.139. The highest BCUT2D eigenvalue weighted by Crippen LogP contribution is 2.30. The number of amides is 1. The zero-order chi connectivity index (χ0) is 18.0. The average molecular weight is 339 g/mol. The third-order valence-corrected chi connectivity index (χ3v) is 4.39. The average Bonchev–Trinajstić information content (AvgIpc) is 2.99. The fourth-order valence-electron chi connectivity index (χ4n) is 2.95. The van der Waals surface area contributed by atoms with Crippen LogP contribution in [0.3, 0.4) is 0 Å². The first-order chi connectivity index (χ1) is 12.0. The van der Waals surface area contributed by atoms with Crippen LogP contribution in [0.25, 0.3) is 0 Å². The Balaban J connectivity index is 1.71. The second-order valence-electron chi connectivity index (χ2n) is 6.29. The summed E-state index contributed by atoms with van der Waals surface area (Å²) in [5.41, 5.74) is 2.96. The van der Waals surface area contributed by atoms with Gasteiger partial charge < -0.3 is 14.4 Å². The van der Waals surface area contributed by atoms with E-state index in [0.717, 1.165) is 16.8 Å². The first kappa shape index (κ1) is 17.0. The summed E-state index contributed by atoms with van der Waals surface area (Å²) < 4.78 is 10.5. The van der Waals surface area contributed by atoms with E-state index in [9.17, 15) is 9.59 Å². The van der Waals surface area contributed by atoms with Crippen LogP contribution in [0.1, 0.15) is 17.5 Å². The van der Waals surface area contributed by atoms with Gasteiger partial charge in [0.1, 0.15) is 11.5 Å². The molecule has 25 heavy (non-hydrogen) atoms. The molecule has 0 aromatic heterocycles. The van der Waals surface area contributed by atoms with Gasteiger partial charge in [0.05, 0.1) is 13.0 Å². The summed E-state index contributed by atoms with van der Waals surface area (Å²) in [6, 6.07) is 12.8. The quantitative estimate of drug-likeness (QED) is 0.634. The topological polar surface area (TPSA) is 55.8 Å². The number of carbonyl (C=O) groups is 2. The predicted octanol–water partition coefficient (Wildman–Crippen LogP) is 3.27. The van der Waals surface area contributed by atoms with Gasteiger partial charge in [0, 0.05) is 18.7 Å². The van der Waals surface area contributed by atoms with Crippen LogP contribution >= 0.6 is 0 Å². The number of nitrogens with zero attached hydrogens (tertiary/aromatic N) is 1. The smallest absolute Gasteiger partial charge is 0.316 e. The van der Waals surface area contributed by atoms with Crippen molar-refractivity contribution in [3.63, 3.8) is 0 Å². The number of aryl methyl sites for hydroxylation is 2. The Morgan fingerprint density at radius 3 is 2.44 bits per heavy atom. The van der Waals surface area contributed by atoms with E-state index >= 15 is 0 Å². The first-order valence-electron chi connectivity index (χ1n) is 8.21. The van der Waals surface area contributed by atoms with Crippen molar-refractivity contribution in [3.05, 3.63) is 53.6 Å². The van der Waals surface area contributed by atoms with E-state index in [1.807, 2.05) is 32.0 Å². The number of hydrogen-bond acceptors (Lipinski definition) is 4. The molecule has 0 N–H and O–H groups in total. The molecule has 5 heteroatoms. The number of rotatable bonds is 4. The fourth-order valence-corrected chi connectivity index (χ4v) is 2.95. The van der Waals surface area contributed by atoms with E-state index in [1.165, 1.54) is 0 Å². The van der Waals surface area contributed by atoms with Crippen LogP contribution in [0.15, 0.2) is 42.5 Å². The van der Waals surface area contributed by atoms with Crippen LogP contribution in [-0.2, 0) is 9.59 Å². The van der Waals surface area contributed by atoms with Gasteiger partial charge in [-0.3, -0.25) is 9.59 Å². The van der Waals surface area contributed by atoms with Gasteiger partial charge in [0.15, 0.2) is 0 Å². The zero-order valence-corrected chi connectivity index (χ0v) is 14.6. The van der Waals surface area contributed by atoms with Gasteiger partial charge in [-0.25, -0.2) is 0 Å². The molecule has 2 aromatic rings. The van der Waals surface area contributed by atoms with E-state index in [0.29, 0.717) is 18.0 Å². The summed E-state index contributed by atoms with van der Waals surface area (Å²) in [5, 5.41) is 0. The molecule has 0 bridgehead atoms. The van der Waals surface area contributed by atoms with Crippen molar-refractivity contribution >= 4 is 17.6 Å². The second kappa shape index (κ2) is 6.97. The molecule has 3 rings (SSSR count). The minimum absolute atomic E-state index is 0.0506. The summed E-state index contributed by atoms with van der Waals surface area (Å²) in [6.45, 7) is 4.29. The lowest BCUT2D eigenvalue weighted by atomic mass is 10.1. The van der Waals surface area contributed by atoms with Crippen molar-refractivity contribution in [3.8, 4) is 11.5 Å². The standard InChI is InChI=1S/C20H21NO4/c1-13-4-5-14(2)18(10-13)21-12-15(11-19(21)22)20(23)25-17-8-6-16(24-3)7-9-17/h4-10,15H,11-12H2,1-3H3/t15-/m0/s1. The largest absolute Gasteiger partial charge is 0.497 e. The van der Waals surface area contributed by atoms with Crippen LogP contribution < -0.4 is 14.4 Å². The molecule has 0 unspecified atom stereocenters. The molecule has 2 aromatic carbocycles. The molecule has 1 amide bonds. The summed E-state index contributed by atoms with van der Waals surface area (Å²) >= 11 is 0. The van der Waals surface area contributed by atoms with Crippen molar-refractivity contribution in [2.45, 2.75) is 20.3 Å². The number of esters is 1. The lowest BCUT2D eigenvalue weighted by Gasteiger charge is -2.19. The van der Waals surface area contributed by atoms with E-state index < -0.39 is 5.92 Å². The van der Waals surface area contributed by atoms with Crippen LogP contribution in [0.2, 0.25) is 0 Å². The van der Waals surface area contributed by atoms with Crippen molar-refractivity contribution < 1.29 is 19.1 Å². The molecule has 0 aliphatic carbocycles. The third kappa shape index (κ3) is 3.65. The Hall–Kier alpha value is -2.82. The Morgan fingerprint density at radius 2 is 1.76 bits per heavy atom. The van der Waals surface area contributed by atoms with E-state index in [4.69, 9.17) is 9.47 Å². The highest BCUT2D eigenvalue weighted by atomic mass is 16.5. The zero-order valence-electron chi connectivity index (χ0n) is 14.6. The lowest BCUT2D eigenvalue weighted by Crippen LogP contribution is -2.27. The van der Waals surface area contributed by atoms with Gasteiger partial charge in [0.2, 0.25) is 5.91 Å². The van der Waals surface area contributed by atoms with Crippen LogP contribution in [0.5, 0.6) is 11.5 Å². The summed E-state index contributed by atoms with van der Waals surface area (Å²) in [7, 11) is 1.58. The molecule has 1 heterocycles.